The number of hydrogen-bond acceptors (Lipinski definition) is 3. The van der Waals surface area contributed by atoms with Gasteiger partial charge in [0.25, 0.3) is 0 Å². The minimum absolute atomic E-state index is 0.0962. The minimum atomic E-state index is -0.0962. The van der Waals surface area contributed by atoms with Crippen LogP contribution in [0.15, 0.2) is 17.5 Å². The summed E-state index contributed by atoms with van der Waals surface area (Å²) in [5.41, 5.74) is 0. The summed E-state index contributed by atoms with van der Waals surface area (Å²) in [6, 6.07) is 4.24. The second-order valence-electron chi connectivity index (χ2n) is 3.22. The predicted octanol–water partition coefficient (Wildman–Crippen LogP) is 3.02. The van der Waals surface area contributed by atoms with Crippen LogP contribution >= 0.6 is 11.3 Å². The average molecular weight is 212 g/mol. The molecular formula is C11H16O2S. The van der Waals surface area contributed by atoms with E-state index in [1.165, 1.54) is 12.0 Å². The predicted molar refractivity (Wildman–Crippen MR) is 58.5 cm³/mol. The van der Waals surface area contributed by atoms with Gasteiger partial charge in [0.2, 0.25) is 0 Å². The molecule has 0 radical (unpaired) electrons. The topological polar surface area (TPSA) is 26.3 Å². The van der Waals surface area contributed by atoms with Gasteiger partial charge in [0.1, 0.15) is 0 Å². The summed E-state index contributed by atoms with van der Waals surface area (Å²) in [5.74, 6) is -0.0962. The van der Waals surface area contributed by atoms with Crippen molar-refractivity contribution in [1.82, 2.24) is 0 Å². The first-order valence-corrected chi connectivity index (χ1v) is 5.80. The van der Waals surface area contributed by atoms with Gasteiger partial charge in [-0.1, -0.05) is 12.5 Å². The molecule has 3 heteroatoms. The van der Waals surface area contributed by atoms with Crippen molar-refractivity contribution in [2.24, 2.45) is 0 Å². The molecule has 0 aliphatic carbocycles. The Hall–Kier alpha value is -0.830. The van der Waals surface area contributed by atoms with Crippen molar-refractivity contribution in [3.63, 3.8) is 0 Å². The van der Waals surface area contributed by atoms with E-state index in [1.807, 2.05) is 0 Å². The number of rotatable bonds is 6. The van der Waals surface area contributed by atoms with Crippen molar-refractivity contribution in [1.29, 1.82) is 0 Å². The number of hydrogen-bond donors (Lipinski definition) is 0. The van der Waals surface area contributed by atoms with Crippen LogP contribution < -0.4 is 0 Å². The van der Waals surface area contributed by atoms with Crippen molar-refractivity contribution >= 4 is 17.3 Å². The van der Waals surface area contributed by atoms with E-state index >= 15 is 0 Å². The van der Waals surface area contributed by atoms with Gasteiger partial charge in [-0.25, -0.2) is 0 Å². The maximum absolute atomic E-state index is 10.8. The second-order valence-corrected chi connectivity index (χ2v) is 4.25. The van der Waals surface area contributed by atoms with Crippen molar-refractivity contribution in [2.75, 3.05) is 7.11 Å². The molecule has 1 aromatic heterocycles. The van der Waals surface area contributed by atoms with E-state index < -0.39 is 0 Å². The number of ether oxygens (including phenoxy) is 1. The fourth-order valence-electron chi connectivity index (χ4n) is 1.30. The highest BCUT2D eigenvalue weighted by molar-refractivity contribution is 7.09. The Morgan fingerprint density at radius 3 is 2.93 bits per heavy atom. The number of unbranched alkanes of at least 4 members (excludes halogenated alkanes) is 2. The molecule has 0 amide bonds. The summed E-state index contributed by atoms with van der Waals surface area (Å²) in [6.45, 7) is 0. The Morgan fingerprint density at radius 1 is 1.43 bits per heavy atom. The Labute approximate surface area is 88.9 Å². The summed E-state index contributed by atoms with van der Waals surface area (Å²) >= 11 is 1.80. The SMILES string of the molecule is COC(=O)CCCCCc1cccs1. The summed E-state index contributed by atoms with van der Waals surface area (Å²) < 4.78 is 4.57. The van der Waals surface area contributed by atoms with Crippen LogP contribution in [0.3, 0.4) is 0 Å². The largest absolute Gasteiger partial charge is 0.469 e. The number of carbonyl (C=O) groups is 1. The van der Waals surface area contributed by atoms with Crippen LogP contribution in [0.2, 0.25) is 0 Å². The Balaban J connectivity index is 1.97. The molecule has 1 heterocycles. The van der Waals surface area contributed by atoms with E-state index in [-0.39, 0.29) is 5.97 Å². The molecule has 0 saturated carbocycles. The fourth-order valence-corrected chi connectivity index (χ4v) is 2.05. The van der Waals surface area contributed by atoms with E-state index in [9.17, 15) is 4.79 Å². The molecule has 2 nitrogen and oxygen atoms in total. The summed E-state index contributed by atoms with van der Waals surface area (Å²) in [6.07, 6.45) is 4.91. The smallest absolute Gasteiger partial charge is 0.305 e. The maximum Gasteiger partial charge on any atom is 0.305 e. The molecule has 0 bridgehead atoms. The second kappa shape index (κ2) is 6.60. The van der Waals surface area contributed by atoms with Crippen LogP contribution in [0.25, 0.3) is 0 Å². The van der Waals surface area contributed by atoms with E-state index in [0.717, 1.165) is 25.7 Å². The molecule has 0 spiro atoms. The van der Waals surface area contributed by atoms with Gasteiger partial charge in [0, 0.05) is 11.3 Å². The zero-order valence-electron chi connectivity index (χ0n) is 8.49. The van der Waals surface area contributed by atoms with Gasteiger partial charge >= 0.3 is 5.97 Å². The molecule has 78 valence electrons. The summed E-state index contributed by atoms with van der Waals surface area (Å²) in [5, 5.41) is 2.10. The van der Waals surface area contributed by atoms with Crippen molar-refractivity contribution in [3.8, 4) is 0 Å². The lowest BCUT2D eigenvalue weighted by Crippen LogP contribution is -1.99. The highest BCUT2D eigenvalue weighted by Gasteiger charge is 1.99. The van der Waals surface area contributed by atoms with Gasteiger partial charge in [-0.2, -0.15) is 0 Å². The zero-order valence-corrected chi connectivity index (χ0v) is 9.31. The molecule has 1 aromatic rings. The van der Waals surface area contributed by atoms with E-state index in [1.54, 1.807) is 11.3 Å². The van der Waals surface area contributed by atoms with Gasteiger partial charge in [-0.3, -0.25) is 4.79 Å². The first-order chi connectivity index (χ1) is 6.83. The summed E-state index contributed by atoms with van der Waals surface area (Å²) in [7, 11) is 1.44. The van der Waals surface area contributed by atoms with Gasteiger partial charge < -0.3 is 4.74 Å². The molecule has 0 N–H and O–H groups in total. The molecule has 0 saturated heterocycles. The number of carbonyl (C=O) groups excluding carboxylic acids is 1. The van der Waals surface area contributed by atoms with E-state index in [2.05, 4.69) is 22.2 Å². The minimum Gasteiger partial charge on any atom is -0.469 e. The van der Waals surface area contributed by atoms with Crippen molar-refractivity contribution < 1.29 is 9.53 Å². The van der Waals surface area contributed by atoms with Crippen LogP contribution in [-0.4, -0.2) is 13.1 Å². The highest BCUT2D eigenvalue weighted by Crippen LogP contribution is 2.13. The van der Waals surface area contributed by atoms with Crippen LogP contribution in [0.5, 0.6) is 0 Å². The molecule has 0 aliphatic heterocycles. The number of thiophene rings is 1. The number of methoxy groups -OCH3 is 1. The third kappa shape index (κ3) is 4.42. The Bertz CT molecular complexity index is 254. The molecule has 14 heavy (non-hydrogen) atoms. The number of esters is 1. The lowest BCUT2D eigenvalue weighted by molar-refractivity contribution is -0.140. The van der Waals surface area contributed by atoms with E-state index in [0.29, 0.717) is 6.42 Å². The molecule has 0 fully saturated rings. The van der Waals surface area contributed by atoms with Crippen LogP contribution in [0, 0.1) is 0 Å². The van der Waals surface area contributed by atoms with Crippen LogP contribution in [0.4, 0.5) is 0 Å². The highest BCUT2D eigenvalue weighted by atomic mass is 32.1. The molecule has 0 atom stereocenters. The van der Waals surface area contributed by atoms with E-state index in [4.69, 9.17) is 0 Å². The van der Waals surface area contributed by atoms with Crippen LogP contribution in [-0.2, 0) is 16.0 Å². The average Bonchev–Trinajstić information content (AvgIpc) is 2.69. The lowest BCUT2D eigenvalue weighted by Gasteiger charge is -1.99. The van der Waals surface area contributed by atoms with Gasteiger partial charge in [-0.15, -0.1) is 11.3 Å². The molecule has 0 aromatic carbocycles. The molecule has 0 aliphatic rings. The maximum atomic E-state index is 10.8. The first-order valence-electron chi connectivity index (χ1n) is 4.92. The quantitative estimate of drug-likeness (QED) is 0.535. The molecule has 0 unspecified atom stereocenters. The summed E-state index contributed by atoms with van der Waals surface area (Å²) in [4.78, 5) is 12.2. The van der Waals surface area contributed by atoms with Gasteiger partial charge in [0.05, 0.1) is 7.11 Å². The van der Waals surface area contributed by atoms with Crippen molar-refractivity contribution in [2.45, 2.75) is 32.1 Å². The van der Waals surface area contributed by atoms with Crippen molar-refractivity contribution in [3.05, 3.63) is 22.4 Å². The zero-order chi connectivity index (χ0) is 10.2. The standard InChI is InChI=1S/C11H16O2S/c1-13-11(12)8-4-2-3-6-10-7-5-9-14-10/h5,7,9H,2-4,6,8H2,1H3. The molecule has 1 rings (SSSR count). The molecular weight excluding hydrogens is 196 g/mol. The first kappa shape index (κ1) is 11.2. The third-order valence-electron chi connectivity index (χ3n) is 2.11. The lowest BCUT2D eigenvalue weighted by atomic mass is 10.1. The normalized spacial score (nSPS) is 10.1. The Kier molecular flexibility index (Phi) is 5.30. The third-order valence-corrected chi connectivity index (χ3v) is 3.05. The fraction of sp³-hybridized carbons (Fsp3) is 0.545. The number of aryl methyl sites for hydroxylation is 1. The van der Waals surface area contributed by atoms with Gasteiger partial charge in [0.15, 0.2) is 0 Å². The van der Waals surface area contributed by atoms with Gasteiger partial charge in [-0.05, 0) is 30.7 Å². The Morgan fingerprint density at radius 2 is 2.29 bits per heavy atom. The van der Waals surface area contributed by atoms with Crippen LogP contribution in [0.1, 0.15) is 30.6 Å². The monoisotopic (exact) mass is 212 g/mol.